The normalized spacial score (nSPS) is 19.4. The predicted molar refractivity (Wildman–Crippen MR) is 126 cm³/mol. The fraction of sp³-hybridized carbons (Fsp3) is 0.500. The van der Waals surface area contributed by atoms with Crippen LogP contribution in [-0.2, 0) is 22.5 Å². The average molecular weight is 438 g/mol. The lowest BCUT2D eigenvalue weighted by Gasteiger charge is -2.49. The number of para-hydroxylation sites is 1. The minimum absolute atomic E-state index is 0.0203. The Morgan fingerprint density at radius 2 is 1.69 bits per heavy atom. The summed E-state index contributed by atoms with van der Waals surface area (Å²) in [6.45, 7) is 7.33. The minimum atomic E-state index is -0.0203. The van der Waals surface area contributed by atoms with E-state index in [-0.39, 0.29) is 11.4 Å². The van der Waals surface area contributed by atoms with E-state index in [0.29, 0.717) is 13.0 Å². The Bertz CT molecular complexity index is 860. The first-order chi connectivity index (χ1) is 15.7. The lowest BCUT2D eigenvalue weighted by Crippen LogP contribution is -2.63. The summed E-state index contributed by atoms with van der Waals surface area (Å²) < 4.78 is 11.1. The van der Waals surface area contributed by atoms with Crippen LogP contribution in [0.25, 0.3) is 0 Å². The summed E-state index contributed by atoms with van der Waals surface area (Å²) in [4.78, 5) is 17.9. The number of benzene rings is 2. The summed E-state index contributed by atoms with van der Waals surface area (Å²) in [6, 6.07) is 18.4. The molecule has 0 atom stereocenters. The fourth-order valence-electron chi connectivity index (χ4n) is 4.93. The van der Waals surface area contributed by atoms with E-state index in [2.05, 4.69) is 45.4 Å². The first-order valence-electron chi connectivity index (χ1n) is 11.7. The topological polar surface area (TPSA) is 54.0 Å². The maximum Gasteiger partial charge on any atom is 0.224 e. The predicted octanol–water partition coefficient (Wildman–Crippen LogP) is 2.72. The molecule has 0 aliphatic carbocycles. The number of nitrogens with one attached hydrogen (secondary N) is 1. The van der Waals surface area contributed by atoms with Crippen LogP contribution in [0, 0.1) is 0 Å². The van der Waals surface area contributed by atoms with Crippen molar-refractivity contribution in [1.29, 1.82) is 0 Å². The molecule has 2 saturated heterocycles. The molecule has 2 aliphatic heterocycles. The van der Waals surface area contributed by atoms with Gasteiger partial charge in [-0.2, -0.15) is 0 Å². The van der Waals surface area contributed by atoms with Crippen molar-refractivity contribution in [1.82, 2.24) is 15.1 Å². The van der Waals surface area contributed by atoms with E-state index in [1.807, 2.05) is 24.3 Å². The Balaban J connectivity index is 1.34. The third-order valence-corrected chi connectivity index (χ3v) is 6.87. The van der Waals surface area contributed by atoms with Crippen LogP contribution >= 0.6 is 0 Å². The third-order valence-electron chi connectivity index (χ3n) is 6.87. The van der Waals surface area contributed by atoms with Crippen LogP contribution in [0.1, 0.15) is 24.0 Å². The molecule has 0 saturated carbocycles. The van der Waals surface area contributed by atoms with Gasteiger partial charge in [0, 0.05) is 63.6 Å². The van der Waals surface area contributed by atoms with Crippen LogP contribution in [0.4, 0.5) is 0 Å². The van der Waals surface area contributed by atoms with E-state index < -0.39 is 0 Å². The zero-order valence-electron chi connectivity index (χ0n) is 19.1. The molecule has 2 aliphatic rings. The van der Waals surface area contributed by atoms with Gasteiger partial charge in [0.05, 0.1) is 13.5 Å². The molecule has 0 bridgehead atoms. The summed E-state index contributed by atoms with van der Waals surface area (Å²) in [6.07, 6.45) is 2.25. The standard InChI is InChI=1S/C26H35N3O3/c1-31-24-10-6-5-9-23(24)19-25(30)27-21-26(11-17-32-18-12-26)29-15-13-28(14-16-29)20-22-7-3-2-4-8-22/h2-10H,11-21H2,1H3,(H,27,30). The van der Waals surface area contributed by atoms with Gasteiger partial charge in [0.25, 0.3) is 0 Å². The molecule has 6 heteroatoms. The maximum atomic E-state index is 12.8. The highest BCUT2D eigenvalue weighted by molar-refractivity contribution is 5.79. The highest BCUT2D eigenvalue weighted by atomic mass is 16.5. The van der Waals surface area contributed by atoms with E-state index >= 15 is 0 Å². The Morgan fingerprint density at radius 1 is 1.00 bits per heavy atom. The molecule has 2 aromatic rings. The molecule has 0 spiro atoms. The van der Waals surface area contributed by atoms with Gasteiger partial charge in [0.15, 0.2) is 0 Å². The molecule has 6 nitrogen and oxygen atoms in total. The largest absolute Gasteiger partial charge is 0.496 e. The van der Waals surface area contributed by atoms with Gasteiger partial charge >= 0.3 is 0 Å². The Labute approximate surface area is 191 Å². The minimum Gasteiger partial charge on any atom is -0.496 e. The third kappa shape index (κ3) is 5.68. The van der Waals surface area contributed by atoms with Crippen molar-refractivity contribution < 1.29 is 14.3 Å². The molecule has 0 aromatic heterocycles. The monoisotopic (exact) mass is 437 g/mol. The summed E-state index contributed by atoms with van der Waals surface area (Å²) in [7, 11) is 1.64. The van der Waals surface area contributed by atoms with Crippen molar-refractivity contribution in [2.75, 3.05) is 53.0 Å². The van der Waals surface area contributed by atoms with Gasteiger partial charge in [-0.1, -0.05) is 48.5 Å². The first kappa shape index (κ1) is 22.8. The van der Waals surface area contributed by atoms with Crippen molar-refractivity contribution in [3.63, 3.8) is 0 Å². The van der Waals surface area contributed by atoms with E-state index in [1.165, 1.54) is 5.56 Å². The average Bonchev–Trinajstić information content (AvgIpc) is 2.85. The van der Waals surface area contributed by atoms with Crippen LogP contribution in [0.3, 0.4) is 0 Å². The zero-order valence-corrected chi connectivity index (χ0v) is 19.1. The van der Waals surface area contributed by atoms with Crippen LogP contribution in [0.5, 0.6) is 5.75 Å². The number of ether oxygens (including phenoxy) is 2. The van der Waals surface area contributed by atoms with Gasteiger partial charge in [-0.05, 0) is 24.5 Å². The van der Waals surface area contributed by atoms with Crippen molar-refractivity contribution in [2.24, 2.45) is 0 Å². The van der Waals surface area contributed by atoms with Crippen LogP contribution in [0.15, 0.2) is 54.6 Å². The number of methoxy groups -OCH3 is 1. The lowest BCUT2D eigenvalue weighted by atomic mass is 9.87. The SMILES string of the molecule is COc1ccccc1CC(=O)NCC1(N2CCN(Cc3ccccc3)CC2)CCOCC1. The highest BCUT2D eigenvalue weighted by Gasteiger charge is 2.40. The van der Waals surface area contributed by atoms with Gasteiger partial charge in [-0.15, -0.1) is 0 Å². The number of carbonyl (C=O) groups excluding carboxylic acids is 1. The van der Waals surface area contributed by atoms with Crippen LogP contribution in [0.2, 0.25) is 0 Å². The van der Waals surface area contributed by atoms with Crippen molar-refractivity contribution in [3.05, 3.63) is 65.7 Å². The fourth-order valence-corrected chi connectivity index (χ4v) is 4.93. The first-order valence-corrected chi connectivity index (χ1v) is 11.7. The summed E-state index contributed by atoms with van der Waals surface area (Å²) in [5.41, 5.74) is 2.27. The molecule has 0 radical (unpaired) electrons. The molecule has 0 unspecified atom stereocenters. The molecular formula is C26H35N3O3. The number of carbonyl (C=O) groups is 1. The van der Waals surface area contributed by atoms with Crippen molar-refractivity contribution in [3.8, 4) is 5.75 Å². The second kappa shape index (κ2) is 10.9. The number of hydrogen-bond acceptors (Lipinski definition) is 5. The Hall–Kier alpha value is -2.41. The van der Waals surface area contributed by atoms with E-state index in [9.17, 15) is 4.79 Å². The smallest absolute Gasteiger partial charge is 0.224 e. The van der Waals surface area contributed by atoms with Crippen molar-refractivity contribution in [2.45, 2.75) is 31.3 Å². The summed E-state index contributed by atoms with van der Waals surface area (Å²) >= 11 is 0. The highest BCUT2D eigenvalue weighted by Crippen LogP contribution is 2.29. The number of piperazine rings is 1. The molecule has 32 heavy (non-hydrogen) atoms. The van der Waals surface area contributed by atoms with Gasteiger partial charge in [-0.3, -0.25) is 14.6 Å². The van der Waals surface area contributed by atoms with Crippen molar-refractivity contribution >= 4 is 5.91 Å². The number of nitrogens with zero attached hydrogens (tertiary/aromatic N) is 2. The number of hydrogen-bond donors (Lipinski definition) is 1. The second-order valence-corrected chi connectivity index (χ2v) is 8.85. The number of amides is 1. The van der Waals surface area contributed by atoms with E-state index in [1.54, 1.807) is 7.11 Å². The van der Waals surface area contributed by atoms with Gasteiger partial charge in [0.1, 0.15) is 5.75 Å². The van der Waals surface area contributed by atoms with Crippen LogP contribution in [-0.4, -0.2) is 74.3 Å². The quantitative estimate of drug-likeness (QED) is 0.688. The number of rotatable bonds is 8. The molecule has 2 heterocycles. The Kier molecular flexibility index (Phi) is 7.79. The molecule has 4 rings (SSSR count). The molecular weight excluding hydrogens is 402 g/mol. The van der Waals surface area contributed by atoms with E-state index in [4.69, 9.17) is 9.47 Å². The second-order valence-electron chi connectivity index (χ2n) is 8.85. The van der Waals surface area contributed by atoms with Gasteiger partial charge in [0.2, 0.25) is 5.91 Å². The Morgan fingerprint density at radius 3 is 2.41 bits per heavy atom. The van der Waals surface area contributed by atoms with Gasteiger partial charge < -0.3 is 14.8 Å². The lowest BCUT2D eigenvalue weighted by molar-refractivity contribution is -0.122. The molecule has 2 fully saturated rings. The molecule has 172 valence electrons. The van der Waals surface area contributed by atoms with E-state index in [0.717, 1.165) is 70.1 Å². The molecule has 2 aromatic carbocycles. The van der Waals surface area contributed by atoms with Crippen LogP contribution < -0.4 is 10.1 Å². The summed E-state index contributed by atoms with van der Waals surface area (Å²) in [5, 5.41) is 3.24. The summed E-state index contributed by atoms with van der Waals surface area (Å²) in [5.74, 6) is 0.807. The zero-order chi connectivity index (χ0) is 22.2. The molecule has 1 N–H and O–H groups in total. The van der Waals surface area contributed by atoms with Gasteiger partial charge in [-0.25, -0.2) is 0 Å². The molecule has 1 amide bonds. The maximum absolute atomic E-state index is 12.8.